The molecule has 0 aromatic heterocycles. The average Bonchev–Trinajstić information content (AvgIpc) is 2.48. The number of aliphatic hydroxyl groups is 1. The third kappa shape index (κ3) is 1.23. The molecule has 1 aliphatic rings. The predicted octanol–water partition coefficient (Wildman–Crippen LogP) is 2.09. The van der Waals surface area contributed by atoms with Crippen molar-refractivity contribution >= 4 is 0 Å². The van der Waals surface area contributed by atoms with Crippen LogP contribution in [0, 0.1) is 5.82 Å². The highest BCUT2D eigenvalue weighted by molar-refractivity contribution is 5.37. The highest BCUT2D eigenvalue weighted by Crippen LogP contribution is 2.34. The maximum Gasteiger partial charge on any atom is 0.126 e. The number of hydrogen-bond acceptors (Lipinski definition) is 2. The molecule has 0 radical (unpaired) electrons. The molecule has 2 unspecified atom stereocenters. The zero-order valence-corrected chi connectivity index (χ0v) is 7.26. The molecule has 4 nitrogen and oxygen atoms in total. The summed E-state index contributed by atoms with van der Waals surface area (Å²) in [5, 5.41) is 13.1. The van der Waals surface area contributed by atoms with Crippen LogP contribution in [-0.2, 0) is 6.42 Å². The van der Waals surface area contributed by atoms with Crippen molar-refractivity contribution in [3.8, 4) is 0 Å². The molecule has 0 bridgehead atoms. The van der Waals surface area contributed by atoms with Crippen molar-refractivity contribution in [3.63, 3.8) is 0 Å². The van der Waals surface area contributed by atoms with Gasteiger partial charge in [-0.2, -0.15) is 0 Å². The van der Waals surface area contributed by atoms with Gasteiger partial charge in [0.15, 0.2) is 0 Å². The van der Waals surface area contributed by atoms with Crippen molar-refractivity contribution in [2.24, 2.45) is 5.11 Å². The largest absolute Gasteiger partial charge is 0.388 e. The van der Waals surface area contributed by atoms with Gasteiger partial charge < -0.3 is 5.11 Å². The number of azide groups is 1. The summed E-state index contributed by atoms with van der Waals surface area (Å²) >= 11 is 0. The molecule has 0 spiro atoms. The zero-order chi connectivity index (χ0) is 10.1. The van der Waals surface area contributed by atoms with Gasteiger partial charge in [0.05, 0.1) is 12.1 Å². The Bertz CT molecular complexity index is 415. The highest BCUT2D eigenvalue weighted by Gasteiger charge is 2.31. The Morgan fingerprint density at radius 2 is 2.36 bits per heavy atom. The minimum absolute atomic E-state index is 0.271. The molecule has 2 atom stereocenters. The van der Waals surface area contributed by atoms with E-state index in [0.29, 0.717) is 11.1 Å². The van der Waals surface area contributed by atoms with Gasteiger partial charge in [0.2, 0.25) is 0 Å². The Hall–Kier alpha value is -1.58. The molecule has 0 saturated heterocycles. The SMILES string of the molecule is [N-]=[N+]=NC1Cc2c(F)cccc2C1O. The second-order valence-corrected chi connectivity index (χ2v) is 3.23. The fourth-order valence-corrected chi connectivity index (χ4v) is 1.77. The number of nitrogens with zero attached hydrogens (tertiary/aromatic N) is 3. The molecule has 72 valence electrons. The number of aliphatic hydroxyl groups excluding tert-OH is 1. The normalized spacial score (nSPS) is 24.1. The Kier molecular flexibility index (Phi) is 2.11. The Labute approximate surface area is 79.6 Å². The predicted molar refractivity (Wildman–Crippen MR) is 48.0 cm³/mol. The first-order valence-corrected chi connectivity index (χ1v) is 4.23. The van der Waals surface area contributed by atoms with Gasteiger partial charge in [0.1, 0.15) is 5.82 Å². The average molecular weight is 193 g/mol. The molecule has 0 amide bonds. The molecule has 2 rings (SSSR count). The van der Waals surface area contributed by atoms with Crippen LogP contribution in [0.25, 0.3) is 10.4 Å². The lowest BCUT2D eigenvalue weighted by Gasteiger charge is -2.07. The number of fused-ring (bicyclic) bond motifs is 1. The van der Waals surface area contributed by atoms with E-state index in [4.69, 9.17) is 5.53 Å². The second kappa shape index (κ2) is 3.29. The van der Waals surface area contributed by atoms with Crippen LogP contribution in [-0.4, -0.2) is 11.1 Å². The first-order valence-electron chi connectivity index (χ1n) is 4.23. The molecule has 1 aliphatic carbocycles. The molecule has 14 heavy (non-hydrogen) atoms. The van der Waals surface area contributed by atoms with Crippen LogP contribution >= 0.6 is 0 Å². The van der Waals surface area contributed by atoms with E-state index >= 15 is 0 Å². The molecular weight excluding hydrogens is 185 g/mol. The van der Waals surface area contributed by atoms with E-state index < -0.39 is 12.1 Å². The molecule has 0 heterocycles. The van der Waals surface area contributed by atoms with Crippen LogP contribution in [0.5, 0.6) is 0 Å². The van der Waals surface area contributed by atoms with Gasteiger partial charge in [-0.1, -0.05) is 17.2 Å². The molecule has 0 saturated carbocycles. The number of hydrogen-bond donors (Lipinski definition) is 1. The first kappa shape index (κ1) is 8.99. The second-order valence-electron chi connectivity index (χ2n) is 3.23. The third-order valence-corrected chi connectivity index (χ3v) is 2.45. The molecule has 1 aromatic carbocycles. The van der Waals surface area contributed by atoms with Crippen molar-refractivity contribution in [3.05, 3.63) is 45.6 Å². The summed E-state index contributed by atoms with van der Waals surface area (Å²) in [5.74, 6) is -0.350. The molecule has 0 aliphatic heterocycles. The third-order valence-electron chi connectivity index (χ3n) is 2.45. The lowest BCUT2D eigenvalue weighted by molar-refractivity contribution is 0.159. The van der Waals surface area contributed by atoms with Crippen molar-refractivity contribution in [1.29, 1.82) is 0 Å². The van der Waals surface area contributed by atoms with Crippen molar-refractivity contribution in [2.75, 3.05) is 0 Å². The quantitative estimate of drug-likeness (QED) is 0.414. The maximum atomic E-state index is 13.2. The van der Waals surface area contributed by atoms with Gasteiger partial charge in [0.25, 0.3) is 0 Å². The van der Waals surface area contributed by atoms with E-state index in [1.165, 1.54) is 12.1 Å². The molecular formula is C9H8FN3O. The smallest absolute Gasteiger partial charge is 0.126 e. The molecule has 0 fully saturated rings. The van der Waals surface area contributed by atoms with E-state index in [1.807, 2.05) is 0 Å². The summed E-state index contributed by atoms with van der Waals surface area (Å²) in [6.07, 6.45) is -0.607. The van der Waals surface area contributed by atoms with Gasteiger partial charge in [-0.3, -0.25) is 0 Å². The monoisotopic (exact) mass is 193 g/mol. The summed E-state index contributed by atoms with van der Waals surface area (Å²) in [4.78, 5) is 2.62. The van der Waals surface area contributed by atoms with Crippen molar-refractivity contribution in [1.82, 2.24) is 0 Å². The zero-order valence-electron chi connectivity index (χ0n) is 7.26. The summed E-state index contributed by atoms with van der Waals surface area (Å²) in [7, 11) is 0. The summed E-state index contributed by atoms with van der Waals surface area (Å²) in [6.45, 7) is 0. The minimum atomic E-state index is -0.878. The number of benzene rings is 1. The van der Waals surface area contributed by atoms with Crippen LogP contribution in [0.3, 0.4) is 0 Å². The van der Waals surface area contributed by atoms with Crippen LogP contribution in [0.15, 0.2) is 23.3 Å². The van der Waals surface area contributed by atoms with Gasteiger partial charge >= 0.3 is 0 Å². The van der Waals surface area contributed by atoms with Gasteiger partial charge in [-0.25, -0.2) is 4.39 Å². The number of rotatable bonds is 1. The fourth-order valence-electron chi connectivity index (χ4n) is 1.77. The van der Waals surface area contributed by atoms with Crippen molar-refractivity contribution < 1.29 is 9.50 Å². The van der Waals surface area contributed by atoms with Crippen molar-refractivity contribution in [2.45, 2.75) is 18.6 Å². The fraction of sp³-hybridized carbons (Fsp3) is 0.333. The van der Waals surface area contributed by atoms with Gasteiger partial charge in [-0.15, -0.1) is 0 Å². The van der Waals surface area contributed by atoms with Crippen LogP contribution < -0.4 is 0 Å². The lowest BCUT2D eigenvalue weighted by Crippen LogP contribution is -2.09. The van der Waals surface area contributed by atoms with E-state index in [-0.39, 0.29) is 12.2 Å². The molecule has 1 aromatic rings. The number of halogens is 1. The van der Waals surface area contributed by atoms with E-state index in [1.54, 1.807) is 6.07 Å². The Morgan fingerprint density at radius 3 is 3.00 bits per heavy atom. The van der Waals surface area contributed by atoms with E-state index in [2.05, 4.69) is 10.0 Å². The lowest BCUT2D eigenvalue weighted by atomic mass is 10.1. The van der Waals surface area contributed by atoms with Crippen LogP contribution in [0.1, 0.15) is 17.2 Å². The molecule has 5 heteroatoms. The first-order chi connectivity index (χ1) is 6.74. The molecule has 1 N–H and O–H groups in total. The Morgan fingerprint density at radius 1 is 1.57 bits per heavy atom. The maximum absolute atomic E-state index is 13.2. The minimum Gasteiger partial charge on any atom is -0.388 e. The topological polar surface area (TPSA) is 69.0 Å². The summed E-state index contributed by atoms with van der Waals surface area (Å²) < 4.78 is 13.2. The van der Waals surface area contributed by atoms with E-state index in [9.17, 15) is 9.50 Å². The highest BCUT2D eigenvalue weighted by atomic mass is 19.1. The van der Waals surface area contributed by atoms with Gasteiger partial charge in [0, 0.05) is 4.91 Å². The Balaban J connectivity index is 2.44. The van der Waals surface area contributed by atoms with Crippen LogP contribution in [0.2, 0.25) is 0 Å². The summed E-state index contributed by atoms with van der Waals surface area (Å²) in [5.41, 5.74) is 9.23. The summed E-state index contributed by atoms with van der Waals surface area (Å²) in [6, 6.07) is 3.95. The van der Waals surface area contributed by atoms with Gasteiger partial charge in [-0.05, 0) is 29.1 Å². The standard InChI is InChI=1S/C9H8FN3O/c10-7-3-1-2-5-6(7)4-8(9(5)14)12-13-11/h1-3,8-9,14H,4H2. The van der Waals surface area contributed by atoms with E-state index in [0.717, 1.165) is 0 Å². The van der Waals surface area contributed by atoms with Crippen LogP contribution in [0.4, 0.5) is 4.39 Å².